The van der Waals surface area contributed by atoms with Gasteiger partial charge in [-0.2, -0.15) is 0 Å². The van der Waals surface area contributed by atoms with Crippen LogP contribution in [0.4, 0.5) is 0 Å². The van der Waals surface area contributed by atoms with Crippen LogP contribution in [0.3, 0.4) is 0 Å². The highest BCUT2D eigenvalue weighted by Crippen LogP contribution is 2.25. The molecule has 0 N–H and O–H groups in total. The molecule has 0 rings (SSSR count). The van der Waals surface area contributed by atoms with E-state index in [2.05, 4.69) is 0 Å². The summed E-state index contributed by atoms with van der Waals surface area (Å²) in [6.07, 6.45) is -0.175. The van der Waals surface area contributed by atoms with Gasteiger partial charge in [-0.05, 0) is 48.5 Å². The van der Waals surface area contributed by atoms with Gasteiger partial charge in [0.05, 0.1) is 24.7 Å². The topological polar surface area (TPSA) is 78.9 Å². The highest BCUT2D eigenvalue weighted by Gasteiger charge is 2.47. The minimum Gasteiger partial charge on any atom is -0.465 e. The number of ether oxygens (including phenoxy) is 3. The molecule has 0 heterocycles. The summed E-state index contributed by atoms with van der Waals surface area (Å²) in [5.41, 5.74) is -2.35. The van der Waals surface area contributed by atoms with Crippen molar-refractivity contribution in [1.29, 1.82) is 0 Å². The van der Waals surface area contributed by atoms with Crippen molar-refractivity contribution in [1.82, 2.24) is 0 Å². The lowest BCUT2D eigenvalue weighted by atomic mass is 9.85. The van der Waals surface area contributed by atoms with Gasteiger partial charge in [-0.3, -0.25) is 14.4 Å². The van der Waals surface area contributed by atoms with Crippen molar-refractivity contribution in [3.63, 3.8) is 0 Å². The minimum atomic E-state index is -1.62. The molecule has 0 bridgehead atoms. The third kappa shape index (κ3) is 5.75. The number of carbonyl (C=O) groups is 3. The summed E-state index contributed by atoms with van der Waals surface area (Å²) in [4.78, 5) is 36.3. The molecule has 0 aliphatic heterocycles. The smallest absolute Gasteiger partial charge is 0.325 e. The Labute approximate surface area is 132 Å². The molecule has 0 aromatic carbocycles. The average molecular weight is 316 g/mol. The van der Waals surface area contributed by atoms with Crippen molar-refractivity contribution < 1.29 is 28.6 Å². The third-order valence-electron chi connectivity index (χ3n) is 3.07. The van der Waals surface area contributed by atoms with Gasteiger partial charge in [0.25, 0.3) is 0 Å². The summed E-state index contributed by atoms with van der Waals surface area (Å²) in [5.74, 6) is -1.68. The number of Topliss-reactive ketones (excluding diaryl/α,β-unsaturated/α-hetero) is 1. The second-order valence-corrected chi connectivity index (χ2v) is 6.54. The Morgan fingerprint density at radius 3 is 1.86 bits per heavy atom. The molecule has 0 saturated carbocycles. The van der Waals surface area contributed by atoms with Gasteiger partial charge in [-0.1, -0.05) is 0 Å². The largest absolute Gasteiger partial charge is 0.465 e. The Bertz CT molecular complexity index is 407. The Morgan fingerprint density at radius 2 is 1.50 bits per heavy atom. The van der Waals surface area contributed by atoms with Crippen LogP contribution in [0.5, 0.6) is 0 Å². The number of carbonyl (C=O) groups excluding carboxylic acids is 3. The van der Waals surface area contributed by atoms with Gasteiger partial charge in [0, 0.05) is 0 Å². The molecule has 0 saturated heterocycles. The van der Waals surface area contributed by atoms with E-state index >= 15 is 0 Å². The molecule has 0 spiro atoms. The predicted octanol–water partition coefficient (Wildman–Crippen LogP) is 2.14. The summed E-state index contributed by atoms with van der Waals surface area (Å²) >= 11 is 0. The van der Waals surface area contributed by atoms with E-state index in [9.17, 15) is 14.4 Å². The predicted molar refractivity (Wildman–Crippen MR) is 81.2 cm³/mol. The van der Waals surface area contributed by atoms with Crippen molar-refractivity contribution in [3.05, 3.63) is 0 Å². The maximum absolute atomic E-state index is 12.3. The molecule has 6 nitrogen and oxygen atoms in total. The fraction of sp³-hybridized carbons (Fsp3) is 0.812. The van der Waals surface area contributed by atoms with E-state index in [1.54, 1.807) is 41.5 Å². The van der Waals surface area contributed by atoms with Crippen LogP contribution >= 0.6 is 0 Å². The highest BCUT2D eigenvalue weighted by molar-refractivity contribution is 6.03. The maximum atomic E-state index is 12.3. The van der Waals surface area contributed by atoms with Crippen LogP contribution in [-0.2, 0) is 28.6 Å². The van der Waals surface area contributed by atoms with Gasteiger partial charge < -0.3 is 14.2 Å². The van der Waals surface area contributed by atoms with Crippen LogP contribution in [-0.4, -0.2) is 43.6 Å². The molecule has 1 unspecified atom stereocenters. The van der Waals surface area contributed by atoms with Crippen LogP contribution in [0, 0.1) is 10.8 Å². The fourth-order valence-corrected chi connectivity index (χ4v) is 1.49. The van der Waals surface area contributed by atoms with Gasteiger partial charge in [0.2, 0.25) is 0 Å². The summed E-state index contributed by atoms with van der Waals surface area (Å²) < 4.78 is 15.6. The van der Waals surface area contributed by atoms with Gasteiger partial charge >= 0.3 is 11.9 Å². The van der Waals surface area contributed by atoms with Crippen molar-refractivity contribution in [2.24, 2.45) is 10.8 Å². The van der Waals surface area contributed by atoms with Crippen LogP contribution in [0.15, 0.2) is 0 Å². The summed E-state index contributed by atoms with van der Waals surface area (Å²) in [6.45, 7) is 11.1. The van der Waals surface area contributed by atoms with Crippen molar-refractivity contribution in [2.75, 3.05) is 19.8 Å². The van der Waals surface area contributed by atoms with E-state index in [0.29, 0.717) is 0 Å². The van der Waals surface area contributed by atoms with Gasteiger partial charge in [-0.15, -0.1) is 0 Å². The Kier molecular flexibility index (Phi) is 7.73. The first-order valence-corrected chi connectivity index (χ1v) is 7.44. The van der Waals surface area contributed by atoms with E-state index in [1.165, 1.54) is 6.92 Å². The van der Waals surface area contributed by atoms with Crippen molar-refractivity contribution in [2.45, 2.75) is 54.6 Å². The number of hydrogen-bond donors (Lipinski definition) is 0. The third-order valence-corrected chi connectivity index (χ3v) is 3.07. The molecule has 6 heteroatoms. The Morgan fingerprint density at radius 1 is 0.955 bits per heavy atom. The molecule has 1 atom stereocenters. The number of rotatable bonds is 8. The zero-order chi connectivity index (χ0) is 17.6. The van der Waals surface area contributed by atoms with Gasteiger partial charge in [-0.25, -0.2) is 0 Å². The van der Waals surface area contributed by atoms with E-state index in [4.69, 9.17) is 14.2 Å². The molecule has 0 fully saturated rings. The van der Waals surface area contributed by atoms with E-state index < -0.39 is 28.6 Å². The first kappa shape index (κ1) is 20.6. The SMILES string of the molecule is CCOC(=O)C(COC(=O)C(C)(C)C)(COC(C)C)C(C)=O. The minimum absolute atomic E-state index is 0.128. The molecule has 0 aliphatic rings. The summed E-state index contributed by atoms with van der Waals surface area (Å²) in [5, 5.41) is 0. The fourth-order valence-electron chi connectivity index (χ4n) is 1.49. The lowest BCUT2D eigenvalue weighted by Crippen LogP contribution is -2.48. The Balaban J connectivity index is 5.31. The number of hydrogen-bond acceptors (Lipinski definition) is 6. The first-order chi connectivity index (χ1) is 9.97. The molecule has 0 aliphatic carbocycles. The van der Waals surface area contributed by atoms with Gasteiger partial charge in [0.1, 0.15) is 6.61 Å². The highest BCUT2D eigenvalue weighted by atomic mass is 16.6. The first-order valence-electron chi connectivity index (χ1n) is 7.44. The van der Waals surface area contributed by atoms with E-state index in [0.717, 1.165) is 0 Å². The summed E-state index contributed by atoms with van der Waals surface area (Å²) in [6, 6.07) is 0. The molecule has 0 amide bonds. The maximum Gasteiger partial charge on any atom is 0.325 e. The lowest BCUT2D eigenvalue weighted by Gasteiger charge is -2.30. The average Bonchev–Trinajstić information content (AvgIpc) is 2.37. The van der Waals surface area contributed by atoms with Crippen LogP contribution in [0.25, 0.3) is 0 Å². The van der Waals surface area contributed by atoms with Crippen LogP contribution < -0.4 is 0 Å². The van der Waals surface area contributed by atoms with Crippen LogP contribution in [0.1, 0.15) is 48.5 Å². The lowest BCUT2D eigenvalue weighted by molar-refractivity contribution is -0.175. The van der Waals surface area contributed by atoms with Crippen molar-refractivity contribution >= 4 is 17.7 Å². The van der Waals surface area contributed by atoms with E-state index in [1.807, 2.05) is 0 Å². The van der Waals surface area contributed by atoms with Crippen molar-refractivity contribution in [3.8, 4) is 0 Å². The molecule has 0 radical (unpaired) electrons. The zero-order valence-corrected chi connectivity index (χ0v) is 14.6. The molecule has 128 valence electrons. The normalized spacial score (nSPS) is 14.4. The zero-order valence-electron chi connectivity index (χ0n) is 14.6. The second kappa shape index (κ2) is 8.27. The standard InChI is InChI=1S/C16H28O6/c1-8-20-14(19)16(12(4)17,9-21-11(2)3)10-22-13(18)15(5,6)7/h11H,8-10H2,1-7H3. The molecule has 0 aromatic heterocycles. The molecular weight excluding hydrogens is 288 g/mol. The quantitative estimate of drug-likeness (QED) is 0.504. The molecule has 0 aromatic rings. The molecule has 22 heavy (non-hydrogen) atoms. The number of esters is 2. The van der Waals surface area contributed by atoms with Gasteiger partial charge in [0.15, 0.2) is 11.2 Å². The number of ketones is 1. The monoisotopic (exact) mass is 316 g/mol. The molecular formula is C16H28O6. The summed E-state index contributed by atoms with van der Waals surface area (Å²) in [7, 11) is 0. The Hall–Kier alpha value is -1.43. The van der Waals surface area contributed by atoms with E-state index in [-0.39, 0.29) is 25.9 Å². The van der Waals surface area contributed by atoms with Crippen LogP contribution in [0.2, 0.25) is 0 Å². The second-order valence-electron chi connectivity index (χ2n) is 6.54.